The Morgan fingerprint density at radius 3 is 2.75 bits per heavy atom. The van der Waals surface area contributed by atoms with Gasteiger partial charge in [0.15, 0.2) is 5.43 Å². The Balaban J connectivity index is 2.74. The second kappa shape index (κ2) is 5.49. The monoisotopic (exact) mass is 222 g/mol. The first kappa shape index (κ1) is 12.5. The fraction of sp³-hybridized carbons (Fsp3) is 0.500. The Morgan fingerprint density at radius 1 is 1.50 bits per heavy atom. The van der Waals surface area contributed by atoms with Crippen molar-refractivity contribution in [1.82, 2.24) is 10.3 Å². The highest BCUT2D eigenvalue weighted by Gasteiger charge is 2.15. The molecular formula is C12H18N2O2. The van der Waals surface area contributed by atoms with Crippen LogP contribution in [-0.2, 0) is 0 Å². The summed E-state index contributed by atoms with van der Waals surface area (Å²) in [6.45, 7) is 6.09. The predicted molar refractivity (Wildman–Crippen MR) is 63.4 cm³/mol. The molecule has 2 unspecified atom stereocenters. The maximum absolute atomic E-state index is 11.8. The van der Waals surface area contributed by atoms with Crippen LogP contribution in [0.1, 0.15) is 37.6 Å². The summed E-state index contributed by atoms with van der Waals surface area (Å²) in [5.41, 5.74) is -0.0924. The van der Waals surface area contributed by atoms with Crippen molar-refractivity contribution in [2.24, 2.45) is 5.92 Å². The lowest BCUT2D eigenvalue weighted by Gasteiger charge is -2.19. The number of carbonyl (C=O) groups is 1. The lowest BCUT2D eigenvalue weighted by Crippen LogP contribution is -2.38. The van der Waals surface area contributed by atoms with E-state index in [4.69, 9.17) is 0 Å². The summed E-state index contributed by atoms with van der Waals surface area (Å²) >= 11 is 0. The minimum atomic E-state index is -0.311. The van der Waals surface area contributed by atoms with E-state index in [1.54, 1.807) is 0 Å². The summed E-state index contributed by atoms with van der Waals surface area (Å²) in [6.07, 6.45) is 3.94. The van der Waals surface area contributed by atoms with Gasteiger partial charge in [0.25, 0.3) is 5.91 Å². The lowest BCUT2D eigenvalue weighted by atomic mass is 10.0. The predicted octanol–water partition coefficient (Wildman–Crippen LogP) is 1.54. The number of nitrogens with one attached hydrogen (secondary N) is 2. The molecule has 1 aromatic heterocycles. The Labute approximate surface area is 95.1 Å². The average molecular weight is 222 g/mol. The second-order valence-electron chi connectivity index (χ2n) is 4.07. The minimum Gasteiger partial charge on any atom is -0.367 e. The maximum Gasteiger partial charge on any atom is 0.256 e. The first-order valence-electron chi connectivity index (χ1n) is 5.54. The third-order valence-electron chi connectivity index (χ3n) is 2.92. The van der Waals surface area contributed by atoms with Gasteiger partial charge >= 0.3 is 0 Å². The van der Waals surface area contributed by atoms with Gasteiger partial charge in [0.1, 0.15) is 5.56 Å². The number of aromatic nitrogens is 1. The van der Waals surface area contributed by atoms with Gasteiger partial charge in [0, 0.05) is 24.5 Å². The smallest absolute Gasteiger partial charge is 0.256 e. The first-order chi connectivity index (χ1) is 7.56. The van der Waals surface area contributed by atoms with Gasteiger partial charge < -0.3 is 10.3 Å². The van der Waals surface area contributed by atoms with Crippen LogP contribution in [0.25, 0.3) is 0 Å². The van der Waals surface area contributed by atoms with E-state index in [0.29, 0.717) is 5.92 Å². The molecule has 0 aliphatic carbocycles. The number of aromatic amines is 1. The zero-order chi connectivity index (χ0) is 12.1. The van der Waals surface area contributed by atoms with Gasteiger partial charge in [-0.1, -0.05) is 20.3 Å². The van der Waals surface area contributed by atoms with Gasteiger partial charge in [0.2, 0.25) is 0 Å². The zero-order valence-electron chi connectivity index (χ0n) is 9.91. The molecule has 0 aliphatic heterocycles. The van der Waals surface area contributed by atoms with Gasteiger partial charge in [-0.2, -0.15) is 0 Å². The quantitative estimate of drug-likeness (QED) is 0.811. The average Bonchev–Trinajstić information content (AvgIpc) is 2.28. The summed E-state index contributed by atoms with van der Waals surface area (Å²) in [6, 6.07) is 1.42. The van der Waals surface area contributed by atoms with Gasteiger partial charge in [-0.05, 0) is 12.8 Å². The molecule has 4 nitrogen and oxygen atoms in total. The van der Waals surface area contributed by atoms with Crippen molar-refractivity contribution in [3.63, 3.8) is 0 Å². The topological polar surface area (TPSA) is 62.0 Å². The van der Waals surface area contributed by atoms with Gasteiger partial charge in [-0.15, -0.1) is 0 Å². The van der Waals surface area contributed by atoms with Crippen molar-refractivity contribution in [3.05, 3.63) is 34.2 Å². The van der Waals surface area contributed by atoms with E-state index in [-0.39, 0.29) is 22.9 Å². The van der Waals surface area contributed by atoms with Crippen molar-refractivity contribution >= 4 is 5.91 Å². The minimum absolute atomic E-state index is 0.0668. The maximum atomic E-state index is 11.8. The van der Waals surface area contributed by atoms with Crippen molar-refractivity contribution in [1.29, 1.82) is 0 Å². The second-order valence-corrected chi connectivity index (χ2v) is 4.07. The molecule has 0 bridgehead atoms. The van der Waals surface area contributed by atoms with E-state index < -0.39 is 0 Å². The fourth-order valence-corrected chi connectivity index (χ4v) is 1.37. The summed E-state index contributed by atoms with van der Waals surface area (Å²) < 4.78 is 0. The molecule has 1 heterocycles. The largest absolute Gasteiger partial charge is 0.367 e. The number of rotatable bonds is 4. The Hall–Kier alpha value is -1.58. The molecule has 2 atom stereocenters. The highest BCUT2D eigenvalue weighted by Crippen LogP contribution is 2.06. The van der Waals surface area contributed by atoms with Crippen LogP contribution >= 0.6 is 0 Å². The standard InChI is InChI=1S/C12H18N2O2/c1-4-8(2)9(3)14-12(16)10-7-13-6-5-11(10)15/h5-9H,4H2,1-3H3,(H,13,15)(H,14,16). The third kappa shape index (κ3) is 2.95. The highest BCUT2D eigenvalue weighted by molar-refractivity contribution is 5.93. The number of H-pyrrole nitrogens is 1. The molecule has 1 aromatic rings. The molecule has 0 aliphatic rings. The van der Waals surface area contributed by atoms with E-state index >= 15 is 0 Å². The van der Waals surface area contributed by atoms with Crippen molar-refractivity contribution < 1.29 is 4.79 Å². The van der Waals surface area contributed by atoms with E-state index in [1.165, 1.54) is 18.5 Å². The van der Waals surface area contributed by atoms with E-state index in [9.17, 15) is 9.59 Å². The number of pyridine rings is 1. The van der Waals surface area contributed by atoms with Crippen LogP contribution in [0, 0.1) is 5.92 Å². The van der Waals surface area contributed by atoms with Crippen molar-refractivity contribution in [3.8, 4) is 0 Å². The first-order valence-corrected chi connectivity index (χ1v) is 5.54. The normalized spacial score (nSPS) is 14.2. The molecule has 0 saturated carbocycles. The molecule has 1 amide bonds. The van der Waals surface area contributed by atoms with E-state index in [2.05, 4.69) is 24.1 Å². The molecule has 0 spiro atoms. The van der Waals surface area contributed by atoms with Gasteiger partial charge in [0.05, 0.1) is 0 Å². The van der Waals surface area contributed by atoms with Gasteiger partial charge in [-0.25, -0.2) is 0 Å². The molecule has 16 heavy (non-hydrogen) atoms. The molecular weight excluding hydrogens is 204 g/mol. The van der Waals surface area contributed by atoms with Crippen LogP contribution in [0.5, 0.6) is 0 Å². The van der Waals surface area contributed by atoms with Crippen molar-refractivity contribution in [2.45, 2.75) is 33.2 Å². The van der Waals surface area contributed by atoms with Gasteiger partial charge in [-0.3, -0.25) is 9.59 Å². The molecule has 0 aromatic carbocycles. The lowest BCUT2D eigenvalue weighted by molar-refractivity contribution is 0.0926. The molecule has 1 rings (SSSR count). The van der Waals surface area contributed by atoms with Crippen molar-refractivity contribution in [2.75, 3.05) is 0 Å². The van der Waals surface area contributed by atoms with Crippen LogP contribution in [0.2, 0.25) is 0 Å². The van der Waals surface area contributed by atoms with Crippen LogP contribution in [0.4, 0.5) is 0 Å². The molecule has 0 radical (unpaired) electrons. The Morgan fingerprint density at radius 2 is 2.19 bits per heavy atom. The molecule has 4 heteroatoms. The number of amides is 1. The number of hydrogen-bond acceptors (Lipinski definition) is 2. The van der Waals surface area contributed by atoms with Crippen LogP contribution in [0.15, 0.2) is 23.3 Å². The fourth-order valence-electron chi connectivity index (χ4n) is 1.37. The summed E-state index contributed by atoms with van der Waals surface area (Å²) in [7, 11) is 0. The van der Waals surface area contributed by atoms with Crippen LogP contribution in [0.3, 0.4) is 0 Å². The van der Waals surface area contributed by atoms with Crippen LogP contribution in [-0.4, -0.2) is 16.9 Å². The summed E-state index contributed by atoms with van der Waals surface area (Å²) in [5.74, 6) is 0.0846. The molecule has 88 valence electrons. The number of carbonyl (C=O) groups excluding carboxylic acids is 1. The summed E-state index contributed by atoms with van der Waals surface area (Å²) in [4.78, 5) is 25.9. The van der Waals surface area contributed by atoms with E-state index in [0.717, 1.165) is 6.42 Å². The zero-order valence-corrected chi connectivity index (χ0v) is 9.91. The summed E-state index contributed by atoms with van der Waals surface area (Å²) in [5, 5.41) is 2.83. The van der Waals surface area contributed by atoms with E-state index in [1.807, 2.05) is 6.92 Å². The number of hydrogen-bond donors (Lipinski definition) is 2. The third-order valence-corrected chi connectivity index (χ3v) is 2.92. The Kier molecular flexibility index (Phi) is 4.28. The molecule has 0 fully saturated rings. The van der Waals surface area contributed by atoms with Crippen LogP contribution < -0.4 is 10.7 Å². The molecule has 2 N–H and O–H groups in total. The molecule has 0 saturated heterocycles. The SMILES string of the molecule is CCC(C)C(C)NC(=O)c1c[nH]ccc1=O. The Bertz CT molecular complexity index is 411. The highest BCUT2D eigenvalue weighted by atomic mass is 16.2.